The third-order valence-corrected chi connectivity index (χ3v) is 5.38. The Morgan fingerprint density at radius 1 is 1.22 bits per heavy atom. The predicted octanol–water partition coefficient (Wildman–Crippen LogP) is 2.30. The summed E-state index contributed by atoms with van der Waals surface area (Å²) in [7, 11) is -2.93. The molecule has 1 amide bonds. The summed E-state index contributed by atoms with van der Waals surface area (Å²) < 4.78 is 32.9. The highest BCUT2D eigenvalue weighted by Crippen LogP contribution is 2.30. The van der Waals surface area contributed by atoms with Gasteiger partial charge >= 0.3 is 0 Å². The second-order valence-corrected chi connectivity index (χ2v) is 7.64. The first-order chi connectivity index (χ1) is 12.8. The molecule has 3 rings (SSSR count). The normalized spacial score (nSPS) is 13.7. The Hall–Kier alpha value is -3.14. The summed E-state index contributed by atoms with van der Waals surface area (Å²) in [6, 6.07) is 9.52. The minimum Gasteiger partial charge on any atom is -0.495 e. The molecule has 0 atom stereocenters. The molecule has 0 bridgehead atoms. The zero-order chi connectivity index (χ0) is 19.6. The van der Waals surface area contributed by atoms with Crippen LogP contribution in [0.25, 0.3) is 0 Å². The number of non-ortho nitro benzene ring substituents is 1. The molecule has 0 aliphatic heterocycles. The fourth-order valence-electron chi connectivity index (χ4n) is 2.45. The van der Waals surface area contributed by atoms with E-state index < -0.39 is 14.9 Å². The molecule has 1 fully saturated rings. The lowest BCUT2D eigenvalue weighted by Gasteiger charge is -2.14. The van der Waals surface area contributed by atoms with Gasteiger partial charge in [0.2, 0.25) is 0 Å². The van der Waals surface area contributed by atoms with Gasteiger partial charge < -0.3 is 10.1 Å². The molecule has 0 saturated heterocycles. The van der Waals surface area contributed by atoms with Gasteiger partial charge in [0.25, 0.3) is 21.6 Å². The van der Waals surface area contributed by atoms with E-state index in [4.69, 9.17) is 4.74 Å². The smallest absolute Gasteiger partial charge is 0.273 e. The topological polar surface area (TPSA) is 128 Å². The van der Waals surface area contributed by atoms with Crippen molar-refractivity contribution in [1.82, 2.24) is 5.32 Å². The molecule has 9 nitrogen and oxygen atoms in total. The number of amides is 1. The summed E-state index contributed by atoms with van der Waals surface area (Å²) in [6.07, 6.45) is 1.80. The molecule has 1 aliphatic rings. The van der Waals surface area contributed by atoms with Crippen molar-refractivity contribution in [2.24, 2.45) is 0 Å². The number of rotatable bonds is 7. The van der Waals surface area contributed by atoms with Crippen molar-refractivity contribution in [3.8, 4) is 5.75 Å². The lowest BCUT2D eigenvalue weighted by molar-refractivity contribution is -0.385. The zero-order valence-corrected chi connectivity index (χ0v) is 15.2. The van der Waals surface area contributed by atoms with Crippen LogP contribution in [0.4, 0.5) is 11.4 Å². The number of carbonyl (C=O) groups is 1. The summed E-state index contributed by atoms with van der Waals surface area (Å²) >= 11 is 0. The van der Waals surface area contributed by atoms with Crippen LogP contribution < -0.4 is 14.8 Å². The molecule has 1 aliphatic carbocycles. The van der Waals surface area contributed by atoms with Crippen LogP contribution in [0.2, 0.25) is 0 Å². The van der Waals surface area contributed by atoms with Crippen molar-refractivity contribution in [2.45, 2.75) is 23.8 Å². The summed E-state index contributed by atoms with van der Waals surface area (Å²) in [5, 5.41) is 13.7. The number of hydrogen-bond acceptors (Lipinski definition) is 6. The van der Waals surface area contributed by atoms with Gasteiger partial charge in [0.05, 0.1) is 29.4 Å². The Bertz CT molecular complexity index is 1000. The molecule has 142 valence electrons. The van der Waals surface area contributed by atoms with E-state index >= 15 is 0 Å². The number of nitrogens with one attached hydrogen (secondary N) is 2. The molecule has 0 aromatic heterocycles. The van der Waals surface area contributed by atoms with Crippen LogP contribution in [0.3, 0.4) is 0 Å². The standard InChI is InChI=1S/C17H17N3O6S/c1-26-15-10-12(20(22)23)8-9-16(15)27(24,25)19-14-5-3-2-4-13(14)17(21)18-11-6-7-11/h2-5,8-11,19H,6-7H2,1H3,(H,18,21). The first kappa shape index (κ1) is 18.6. The molecule has 27 heavy (non-hydrogen) atoms. The maximum Gasteiger partial charge on any atom is 0.273 e. The third-order valence-electron chi connectivity index (χ3n) is 3.98. The fourth-order valence-corrected chi connectivity index (χ4v) is 3.68. The Labute approximate surface area is 155 Å². The predicted molar refractivity (Wildman–Crippen MR) is 97.4 cm³/mol. The molecule has 0 unspecified atom stereocenters. The van der Waals surface area contributed by atoms with Gasteiger partial charge in [-0.3, -0.25) is 19.6 Å². The van der Waals surface area contributed by atoms with Crippen molar-refractivity contribution in [2.75, 3.05) is 11.8 Å². The van der Waals surface area contributed by atoms with Crippen molar-refractivity contribution in [3.63, 3.8) is 0 Å². The minimum absolute atomic E-state index is 0.107. The largest absolute Gasteiger partial charge is 0.495 e. The quantitative estimate of drug-likeness (QED) is 0.551. The zero-order valence-electron chi connectivity index (χ0n) is 14.3. The van der Waals surface area contributed by atoms with Crippen LogP contribution in [-0.4, -0.2) is 32.4 Å². The maximum atomic E-state index is 12.8. The molecular weight excluding hydrogens is 374 g/mol. The molecule has 2 aromatic rings. The number of nitro benzene ring substituents is 1. The van der Waals surface area contributed by atoms with Crippen molar-refractivity contribution < 1.29 is 22.9 Å². The van der Waals surface area contributed by atoms with E-state index in [2.05, 4.69) is 10.0 Å². The van der Waals surface area contributed by atoms with Crippen molar-refractivity contribution >= 4 is 27.3 Å². The lowest BCUT2D eigenvalue weighted by atomic mass is 10.1. The maximum absolute atomic E-state index is 12.8. The molecule has 2 aromatic carbocycles. The Balaban J connectivity index is 1.93. The van der Waals surface area contributed by atoms with Crippen LogP contribution >= 0.6 is 0 Å². The van der Waals surface area contributed by atoms with Crippen LogP contribution in [0.1, 0.15) is 23.2 Å². The average Bonchev–Trinajstić information content (AvgIpc) is 3.45. The number of para-hydroxylation sites is 1. The first-order valence-corrected chi connectivity index (χ1v) is 9.55. The van der Waals surface area contributed by atoms with Crippen LogP contribution in [0.5, 0.6) is 5.75 Å². The van der Waals surface area contributed by atoms with Crippen LogP contribution in [0, 0.1) is 10.1 Å². The van der Waals surface area contributed by atoms with Gasteiger partial charge in [-0.05, 0) is 31.0 Å². The number of carbonyl (C=O) groups excluding carboxylic acids is 1. The molecule has 0 spiro atoms. The highest BCUT2D eigenvalue weighted by Gasteiger charge is 2.27. The molecule has 10 heteroatoms. The molecule has 2 N–H and O–H groups in total. The second-order valence-electron chi connectivity index (χ2n) is 5.99. The van der Waals surface area contributed by atoms with Crippen molar-refractivity contribution in [1.29, 1.82) is 0 Å². The number of hydrogen-bond donors (Lipinski definition) is 2. The van der Waals surface area contributed by atoms with Gasteiger partial charge in [-0.1, -0.05) is 12.1 Å². The Kier molecular flexibility index (Phi) is 5.00. The lowest BCUT2D eigenvalue weighted by Crippen LogP contribution is -2.27. The average molecular weight is 391 g/mol. The van der Waals surface area contributed by atoms with Gasteiger partial charge in [-0.15, -0.1) is 0 Å². The van der Waals surface area contributed by atoms with Crippen LogP contribution in [-0.2, 0) is 10.0 Å². The van der Waals surface area contributed by atoms with Gasteiger partial charge in [0.1, 0.15) is 10.6 Å². The van der Waals surface area contributed by atoms with Crippen LogP contribution in [0.15, 0.2) is 47.4 Å². The fraction of sp³-hybridized carbons (Fsp3) is 0.235. The minimum atomic E-state index is -4.15. The molecule has 1 saturated carbocycles. The van der Waals surface area contributed by atoms with E-state index in [0.29, 0.717) is 0 Å². The van der Waals surface area contributed by atoms with E-state index in [1.807, 2.05) is 0 Å². The van der Waals surface area contributed by atoms with Gasteiger partial charge in [0, 0.05) is 12.1 Å². The summed E-state index contributed by atoms with van der Waals surface area (Å²) in [5.41, 5.74) is -0.0000735. The summed E-state index contributed by atoms with van der Waals surface area (Å²) in [6.45, 7) is 0. The highest BCUT2D eigenvalue weighted by atomic mass is 32.2. The number of ether oxygens (including phenoxy) is 1. The number of anilines is 1. The number of benzene rings is 2. The number of methoxy groups -OCH3 is 1. The third kappa shape index (κ3) is 4.17. The molecular formula is C17H17N3O6S. The molecule has 0 radical (unpaired) electrons. The number of nitrogens with zero attached hydrogens (tertiary/aromatic N) is 1. The monoisotopic (exact) mass is 391 g/mol. The summed E-state index contributed by atoms with van der Waals surface area (Å²) in [5.74, 6) is -0.539. The number of nitro groups is 1. The van der Waals surface area contributed by atoms with Crippen molar-refractivity contribution in [3.05, 3.63) is 58.1 Å². The highest BCUT2D eigenvalue weighted by molar-refractivity contribution is 7.92. The second kappa shape index (κ2) is 7.23. The van der Waals surface area contributed by atoms with E-state index in [0.717, 1.165) is 31.0 Å². The van der Waals surface area contributed by atoms with E-state index in [1.165, 1.54) is 19.2 Å². The van der Waals surface area contributed by atoms with E-state index in [9.17, 15) is 23.3 Å². The summed E-state index contributed by atoms with van der Waals surface area (Å²) in [4.78, 5) is 22.3. The van der Waals surface area contributed by atoms with Gasteiger partial charge in [-0.25, -0.2) is 8.42 Å². The molecule has 0 heterocycles. The van der Waals surface area contributed by atoms with Gasteiger partial charge in [0.15, 0.2) is 0 Å². The van der Waals surface area contributed by atoms with E-state index in [-0.39, 0.29) is 39.5 Å². The van der Waals surface area contributed by atoms with Gasteiger partial charge in [-0.2, -0.15) is 0 Å². The number of sulfonamides is 1. The first-order valence-electron chi connectivity index (χ1n) is 8.07. The SMILES string of the molecule is COc1cc([N+](=O)[O-])ccc1S(=O)(=O)Nc1ccccc1C(=O)NC1CC1. The Morgan fingerprint density at radius 3 is 2.56 bits per heavy atom. The Morgan fingerprint density at radius 2 is 1.93 bits per heavy atom. The van der Waals surface area contributed by atoms with E-state index in [1.54, 1.807) is 12.1 Å².